The van der Waals surface area contributed by atoms with Gasteiger partial charge in [0.15, 0.2) is 12.2 Å². The zero-order chi connectivity index (χ0) is 31.2. The van der Waals surface area contributed by atoms with Crippen LogP contribution < -0.4 is 0 Å². The zero-order valence-electron chi connectivity index (χ0n) is 25.6. The van der Waals surface area contributed by atoms with E-state index in [0.717, 1.165) is 25.9 Å². The Morgan fingerprint density at radius 2 is 1.28 bits per heavy atom. The van der Waals surface area contributed by atoms with Gasteiger partial charge in [0.2, 0.25) is 0 Å². The first-order valence-electron chi connectivity index (χ1n) is 14.7. The quantitative estimate of drug-likeness (QED) is 0.246. The fourth-order valence-corrected chi connectivity index (χ4v) is 5.70. The van der Waals surface area contributed by atoms with Gasteiger partial charge < -0.3 is 29.2 Å². The number of ether oxygens (including phenoxy) is 4. The molecule has 6 atom stereocenters. The standard InChI is InChI=1S/C13H20N2O2.C12H18N2O2.C6H8O4/c1-15-6-4-12(10-17-8-7-16)13(15)11-3-2-5-14-9-11;1-14-6-4-11(8-16-9-15)12(14)10-3-2-5-13-7-10;1-3-5(7)10-4(2)6(8)9-3/h2-3,5,9,12-13,16H,4,6-8,10H2,1H3;2-3,5,7,11-12,15H,4,6,8-9H2,1H3;3-4H,1-2H3. The number of carbonyl (C=O) groups excluding carboxylic acids is 2. The molecule has 2 N–H and O–H groups in total. The van der Waals surface area contributed by atoms with Crippen molar-refractivity contribution in [3.05, 3.63) is 60.2 Å². The lowest BCUT2D eigenvalue weighted by Gasteiger charge is -2.25. The van der Waals surface area contributed by atoms with E-state index in [2.05, 4.69) is 55.5 Å². The smallest absolute Gasteiger partial charge is 0.347 e. The number of rotatable bonds is 9. The van der Waals surface area contributed by atoms with Gasteiger partial charge in [-0.15, -0.1) is 0 Å². The molecule has 0 spiro atoms. The van der Waals surface area contributed by atoms with Crippen molar-refractivity contribution in [2.24, 2.45) is 11.8 Å². The average Bonchev–Trinajstić information content (AvgIpc) is 3.58. The van der Waals surface area contributed by atoms with Crippen LogP contribution >= 0.6 is 0 Å². The van der Waals surface area contributed by atoms with Gasteiger partial charge in [-0.25, -0.2) is 9.59 Å². The van der Waals surface area contributed by atoms with Gasteiger partial charge in [0, 0.05) is 48.7 Å². The number of likely N-dealkylation sites (tertiary alicyclic amines) is 2. The maximum absolute atomic E-state index is 10.7. The molecule has 43 heavy (non-hydrogen) atoms. The van der Waals surface area contributed by atoms with E-state index in [9.17, 15) is 9.59 Å². The maximum atomic E-state index is 10.7. The van der Waals surface area contributed by atoms with Crippen LogP contribution in [0.5, 0.6) is 0 Å². The second kappa shape index (κ2) is 18.0. The van der Waals surface area contributed by atoms with Crippen molar-refractivity contribution in [3.8, 4) is 0 Å². The minimum atomic E-state index is -0.747. The van der Waals surface area contributed by atoms with Crippen LogP contribution in [-0.4, -0.2) is 115 Å². The van der Waals surface area contributed by atoms with Gasteiger partial charge in [0.05, 0.1) is 26.4 Å². The Morgan fingerprint density at radius 3 is 1.67 bits per heavy atom. The predicted octanol–water partition coefficient (Wildman–Crippen LogP) is 1.99. The van der Waals surface area contributed by atoms with Crippen LogP contribution in [0.25, 0.3) is 0 Å². The normalized spacial score (nSPS) is 27.4. The number of aliphatic hydroxyl groups is 2. The lowest BCUT2D eigenvalue weighted by molar-refractivity contribution is -0.191. The summed E-state index contributed by atoms with van der Waals surface area (Å²) in [5.74, 6) is -0.0173. The number of esters is 2. The zero-order valence-corrected chi connectivity index (χ0v) is 25.6. The number of hydrogen-bond donors (Lipinski definition) is 2. The number of pyridine rings is 2. The van der Waals surface area contributed by atoms with Crippen LogP contribution in [0.4, 0.5) is 0 Å². The van der Waals surface area contributed by atoms with Crippen molar-refractivity contribution in [1.82, 2.24) is 19.8 Å². The van der Waals surface area contributed by atoms with Gasteiger partial charge in [0.25, 0.3) is 0 Å². The molecule has 5 rings (SSSR count). The summed E-state index contributed by atoms with van der Waals surface area (Å²) in [5.41, 5.74) is 2.49. The first-order chi connectivity index (χ1) is 20.8. The van der Waals surface area contributed by atoms with E-state index in [-0.39, 0.29) is 13.4 Å². The molecule has 2 aromatic heterocycles. The van der Waals surface area contributed by atoms with E-state index in [1.165, 1.54) is 25.0 Å². The van der Waals surface area contributed by atoms with Crippen molar-refractivity contribution < 1.29 is 38.7 Å². The van der Waals surface area contributed by atoms with Crippen molar-refractivity contribution in [1.29, 1.82) is 0 Å². The number of cyclic esters (lactones) is 2. The molecule has 0 aliphatic carbocycles. The Hall–Kier alpha value is -3.00. The number of nitrogens with zero attached hydrogens (tertiary/aromatic N) is 4. The monoisotopic (exact) mass is 602 g/mol. The average molecular weight is 603 g/mol. The molecule has 0 saturated carbocycles. The summed E-state index contributed by atoms with van der Waals surface area (Å²) in [6, 6.07) is 8.92. The van der Waals surface area contributed by atoms with Crippen LogP contribution in [0.3, 0.4) is 0 Å². The third-order valence-corrected chi connectivity index (χ3v) is 7.84. The van der Waals surface area contributed by atoms with E-state index in [1.807, 2.05) is 24.5 Å². The highest BCUT2D eigenvalue weighted by Crippen LogP contribution is 2.36. The number of aliphatic hydroxyl groups excluding tert-OH is 2. The molecule has 12 heteroatoms. The Balaban J connectivity index is 0.000000183. The van der Waals surface area contributed by atoms with Crippen molar-refractivity contribution in [3.63, 3.8) is 0 Å². The molecule has 0 bridgehead atoms. The second-order valence-corrected chi connectivity index (χ2v) is 11.0. The van der Waals surface area contributed by atoms with Gasteiger partial charge >= 0.3 is 11.9 Å². The molecule has 3 saturated heterocycles. The van der Waals surface area contributed by atoms with Gasteiger partial charge in [-0.05, 0) is 77.1 Å². The molecule has 5 heterocycles. The van der Waals surface area contributed by atoms with Crippen LogP contribution in [0.1, 0.15) is 49.9 Å². The number of hydrogen-bond acceptors (Lipinski definition) is 12. The largest absolute Gasteiger partial charge is 0.448 e. The van der Waals surface area contributed by atoms with Gasteiger partial charge in [-0.3, -0.25) is 19.8 Å². The maximum Gasteiger partial charge on any atom is 0.347 e. The van der Waals surface area contributed by atoms with E-state index in [1.54, 1.807) is 12.4 Å². The van der Waals surface area contributed by atoms with Crippen LogP contribution in [0, 0.1) is 11.8 Å². The Labute approximate surface area is 253 Å². The lowest BCUT2D eigenvalue weighted by Crippen LogP contribution is -2.40. The van der Waals surface area contributed by atoms with Gasteiger partial charge in [-0.2, -0.15) is 0 Å². The summed E-state index contributed by atoms with van der Waals surface area (Å²) < 4.78 is 19.8. The summed E-state index contributed by atoms with van der Waals surface area (Å²) >= 11 is 0. The minimum Gasteiger partial charge on any atom is -0.448 e. The molecule has 238 valence electrons. The van der Waals surface area contributed by atoms with Crippen molar-refractivity contribution in [2.45, 2.75) is 51.0 Å². The summed E-state index contributed by atoms with van der Waals surface area (Å²) in [7, 11) is 4.26. The highest BCUT2D eigenvalue weighted by atomic mass is 16.6. The molecule has 3 aliphatic rings. The SMILES string of the molecule is CC1OC(=O)C(C)OC1=O.CN1CCC(COCCO)C1c1cccnc1.CN1CCC(COCO)C1c1cccnc1. The third kappa shape index (κ3) is 10.3. The molecule has 2 aromatic rings. The predicted molar refractivity (Wildman–Crippen MR) is 157 cm³/mol. The molecule has 0 aromatic carbocycles. The fourth-order valence-electron chi connectivity index (χ4n) is 5.70. The number of aromatic nitrogens is 2. The summed E-state index contributed by atoms with van der Waals surface area (Å²) in [6.45, 7) is 6.77. The van der Waals surface area contributed by atoms with E-state index < -0.39 is 24.1 Å². The molecule has 0 radical (unpaired) electrons. The molecule has 3 aliphatic heterocycles. The Bertz CT molecular complexity index is 1080. The molecule has 0 amide bonds. The van der Waals surface area contributed by atoms with Crippen molar-refractivity contribution in [2.75, 3.05) is 60.4 Å². The summed E-state index contributed by atoms with van der Waals surface area (Å²) in [5, 5.41) is 17.4. The third-order valence-electron chi connectivity index (χ3n) is 7.84. The van der Waals surface area contributed by atoms with Gasteiger partial charge in [-0.1, -0.05) is 12.1 Å². The highest BCUT2D eigenvalue weighted by molar-refractivity contribution is 5.86. The van der Waals surface area contributed by atoms with Crippen molar-refractivity contribution >= 4 is 11.9 Å². The highest BCUT2D eigenvalue weighted by Gasteiger charge is 2.34. The molecular weight excluding hydrogens is 556 g/mol. The molecule has 3 fully saturated rings. The second-order valence-electron chi connectivity index (χ2n) is 11.0. The Kier molecular flexibility index (Phi) is 14.4. The molecular formula is C31H46N4O8. The first-order valence-corrected chi connectivity index (χ1v) is 14.7. The van der Waals surface area contributed by atoms with Crippen LogP contribution in [0.2, 0.25) is 0 Å². The summed E-state index contributed by atoms with van der Waals surface area (Å²) in [4.78, 5) is 34.3. The fraction of sp³-hybridized carbons (Fsp3) is 0.613. The van der Waals surface area contributed by atoms with Crippen LogP contribution in [-0.2, 0) is 28.5 Å². The summed E-state index contributed by atoms with van der Waals surface area (Å²) in [6.07, 6.45) is 8.20. The lowest BCUT2D eigenvalue weighted by atomic mass is 9.96. The van der Waals surface area contributed by atoms with E-state index in [0.29, 0.717) is 43.7 Å². The molecule has 6 unspecified atom stereocenters. The number of carbonyl (C=O) groups is 2. The van der Waals surface area contributed by atoms with E-state index >= 15 is 0 Å². The Morgan fingerprint density at radius 1 is 0.814 bits per heavy atom. The van der Waals surface area contributed by atoms with Gasteiger partial charge in [0.1, 0.15) is 6.79 Å². The topological polar surface area (TPSA) is 144 Å². The molecule has 12 nitrogen and oxygen atoms in total. The van der Waals surface area contributed by atoms with E-state index in [4.69, 9.17) is 19.7 Å². The van der Waals surface area contributed by atoms with Crippen LogP contribution in [0.15, 0.2) is 49.1 Å². The minimum absolute atomic E-state index is 0.0973. The first kappa shape index (κ1) is 34.5.